The van der Waals surface area contributed by atoms with Gasteiger partial charge in [-0.1, -0.05) is 191 Å². The minimum atomic E-state index is -0.706. The molecule has 0 aromatic heterocycles. The van der Waals surface area contributed by atoms with Crippen LogP contribution in [0.2, 0.25) is 0 Å². The molecular weight excluding hydrogens is 665 g/mol. The summed E-state index contributed by atoms with van der Waals surface area (Å²) in [5.74, 6) is -0.727. The fourth-order valence-electron chi connectivity index (χ4n) is 7.02. The van der Waals surface area contributed by atoms with Crippen molar-refractivity contribution in [3.63, 3.8) is 0 Å². The lowest BCUT2D eigenvalue weighted by Gasteiger charge is -2.18. The highest BCUT2D eigenvalue weighted by Crippen LogP contribution is 2.18. The lowest BCUT2D eigenvalue weighted by atomic mass is 10.0. The Morgan fingerprint density at radius 2 is 0.741 bits per heavy atom. The number of carboxylic acid groups (broad SMARTS) is 1. The Hall–Kier alpha value is -2.10. The summed E-state index contributed by atoms with van der Waals surface area (Å²) in [6.45, 7) is 4.54. The summed E-state index contributed by atoms with van der Waals surface area (Å²) in [7, 11) is 0. The summed E-state index contributed by atoms with van der Waals surface area (Å²) in [5, 5.41) is 8.85. The van der Waals surface area contributed by atoms with Crippen LogP contribution < -0.4 is 0 Å². The van der Waals surface area contributed by atoms with Gasteiger partial charge in [-0.25, -0.2) is 0 Å². The Morgan fingerprint density at radius 3 is 1.17 bits per heavy atom. The molecule has 0 aliphatic carbocycles. The zero-order valence-electron chi connectivity index (χ0n) is 36.0. The standard InChI is InChI=1S/C50H90O4/c1-3-5-7-9-11-13-15-17-18-19-20-21-22-23-24-25-26-28-30-32-34-39-43-47-50(53)54-48(45-41-37-35-38-42-46-49(51)52)44-40-36-33-31-29-27-16-14-12-10-8-6-4-2/h15-17,19-20,27,31,33,48H,3-14,18,21-26,28-30,32,34-47H2,1-2H3,(H,51,52)/b17-15-,20-19-,27-16-,33-31-. The van der Waals surface area contributed by atoms with Crippen molar-refractivity contribution in [1.29, 1.82) is 0 Å². The Bertz CT molecular complexity index is 900. The predicted molar refractivity (Wildman–Crippen MR) is 236 cm³/mol. The quantitative estimate of drug-likeness (QED) is 0.0382. The van der Waals surface area contributed by atoms with Crippen molar-refractivity contribution in [2.45, 2.75) is 258 Å². The molecule has 0 radical (unpaired) electrons. The molecule has 0 amide bonds. The van der Waals surface area contributed by atoms with Crippen molar-refractivity contribution >= 4 is 11.9 Å². The summed E-state index contributed by atoms with van der Waals surface area (Å²) in [4.78, 5) is 23.5. The Kier molecular flexibility index (Phi) is 43.5. The third kappa shape index (κ3) is 44.3. The first kappa shape index (κ1) is 51.9. The smallest absolute Gasteiger partial charge is 0.306 e. The summed E-state index contributed by atoms with van der Waals surface area (Å²) in [6, 6.07) is 0. The van der Waals surface area contributed by atoms with Gasteiger partial charge in [0.15, 0.2) is 0 Å². The number of aliphatic carboxylic acids is 1. The zero-order valence-corrected chi connectivity index (χ0v) is 36.0. The number of rotatable bonds is 43. The maximum Gasteiger partial charge on any atom is 0.306 e. The summed E-state index contributed by atoms with van der Waals surface area (Å²) in [6.07, 6.45) is 61.5. The first-order chi connectivity index (χ1) is 26.6. The molecule has 4 nitrogen and oxygen atoms in total. The molecule has 0 rings (SSSR count). The van der Waals surface area contributed by atoms with Crippen LogP contribution in [0, 0.1) is 0 Å². The van der Waals surface area contributed by atoms with Crippen LogP contribution in [0.15, 0.2) is 48.6 Å². The van der Waals surface area contributed by atoms with Gasteiger partial charge < -0.3 is 9.84 Å². The van der Waals surface area contributed by atoms with Gasteiger partial charge in [0, 0.05) is 12.8 Å². The number of allylic oxidation sites excluding steroid dienone is 8. The van der Waals surface area contributed by atoms with Gasteiger partial charge in [0.25, 0.3) is 0 Å². The number of ether oxygens (including phenoxy) is 1. The molecular formula is C50H90O4. The van der Waals surface area contributed by atoms with Crippen LogP contribution in [-0.2, 0) is 14.3 Å². The van der Waals surface area contributed by atoms with Crippen LogP contribution in [0.1, 0.15) is 251 Å². The van der Waals surface area contributed by atoms with Crippen LogP contribution in [0.5, 0.6) is 0 Å². The zero-order chi connectivity index (χ0) is 39.3. The maximum absolute atomic E-state index is 12.7. The lowest BCUT2D eigenvalue weighted by Crippen LogP contribution is -2.18. The SMILES string of the molecule is CCCCCCC/C=C\C/C=C\CCCCCCCCCCCCCC(=O)OC(CCC/C=C\C/C=C\CCCCCCC)CCCCCCCC(=O)O. The van der Waals surface area contributed by atoms with Gasteiger partial charge in [-0.15, -0.1) is 0 Å². The summed E-state index contributed by atoms with van der Waals surface area (Å²) in [5.41, 5.74) is 0. The molecule has 0 spiro atoms. The third-order valence-corrected chi connectivity index (χ3v) is 10.5. The fraction of sp³-hybridized carbons (Fsp3) is 0.800. The minimum absolute atomic E-state index is 0.0101. The summed E-state index contributed by atoms with van der Waals surface area (Å²) >= 11 is 0. The number of carbonyl (C=O) groups excluding carboxylic acids is 1. The molecule has 0 fully saturated rings. The van der Waals surface area contributed by atoms with Crippen molar-refractivity contribution in [3.8, 4) is 0 Å². The van der Waals surface area contributed by atoms with Gasteiger partial charge in [0.2, 0.25) is 0 Å². The van der Waals surface area contributed by atoms with Gasteiger partial charge in [0.05, 0.1) is 0 Å². The van der Waals surface area contributed by atoms with E-state index in [-0.39, 0.29) is 18.5 Å². The molecule has 0 aromatic rings. The molecule has 1 N–H and O–H groups in total. The Labute approximate surface area is 336 Å². The monoisotopic (exact) mass is 755 g/mol. The van der Waals surface area contributed by atoms with E-state index in [0.29, 0.717) is 6.42 Å². The van der Waals surface area contributed by atoms with Crippen molar-refractivity contribution in [2.24, 2.45) is 0 Å². The number of carboxylic acids is 1. The highest BCUT2D eigenvalue weighted by Gasteiger charge is 2.14. The number of hydrogen-bond acceptors (Lipinski definition) is 3. The molecule has 314 valence electrons. The van der Waals surface area contributed by atoms with Gasteiger partial charge in [-0.05, 0) is 96.3 Å². The van der Waals surface area contributed by atoms with E-state index in [9.17, 15) is 9.59 Å². The second-order valence-corrected chi connectivity index (χ2v) is 15.9. The molecule has 54 heavy (non-hydrogen) atoms. The van der Waals surface area contributed by atoms with E-state index in [4.69, 9.17) is 9.84 Å². The van der Waals surface area contributed by atoms with Crippen molar-refractivity contribution in [1.82, 2.24) is 0 Å². The molecule has 0 aliphatic rings. The molecule has 0 bridgehead atoms. The number of esters is 1. The van der Waals surface area contributed by atoms with Crippen LogP contribution >= 0.6 is 0 Å². The molecule has 1 unspecified atom stereocenters. The average Bonchev–Trinajstić information content (AvgIpc) is 3.16. The molecule has 0 aliphatic heterocycles. The molecule has 0 heterocycles. The third-order valence-electron chi connectivity index (χ3n) is 10.5. The maximum atomic E-state index is 12.7. The van der Waals surface area contributed by atoms with E-state index in [1.807, 2.05) is 0 Å². The molecule has 0 saturated heterocycles. The normalized spacial score (nSPS) is 12.6. The van der Waals surface area contributed by atoms with Crippen molar-refractivity contribution < 1.29 is 19.4 Å². The molecule has 1 atom stereocenters. The second-order valence-electron chi connectivity index (χ2n) is 15.9. The van der Waals surface area contributed by atoms with Crippen LogP contribution in [-0.4, -0.2) is 23.1 Å². The van der Waals surface area contributed by atoms with E-state index >= 15 is 0 Å². The molecule has 4 heteroatoms. The minimum Gasteiger partial charge on any atom is -0.481 e. The summed E-state index contributed by atoms with van der Waals surface area (Å²) < 4.78 is 6.01. The molecule has 0 aromatic carbocycles. The van der Waals surface area contributed by atoms with Gasteiger partial charge in [0.1, 0.15) is 6.10 Å². The van der Waals surface area contributed by atoms with Crippen molar-refractivity contribution in [2.75, 3.05) is 0 Å². The van der Waals surface area contributed by atoms with E-state index < -0.39 is 5.97 Å². The first-order valence-electron chi connectivity index (χ1n) is 23.6. The van der Waals surface area contributed by atoms with Crippen LogP contribution in [0.3, 0.4) is 0 Å². The topological polar surface area (TPSA) is 63.6 Å². The van der Waals surface area contributed by atoms with E-state index in [1.165, 1.54) is 141 Å². The van der Waals surface area contributed by atoms with Gasteiger partial charge in [-0.2, -0.15) is 0 Å². The largest absolute Gasteiger partial charge is 0.481 e. The number of carbonyl (C=O) groups is 2. The lowest BCUT2D eigenvalue weighted by molar-refractivity contribution is -0.150. The highest BCUT2D eigenvalue weighted by atomic mass is 16.5. The predicted octanol–water partition coefficient (Wildman–Crippen LogP) is 16.7. The van der Waals surface area contributed by atoms with Crippen LogP contribution in [0.25, 0.3) is 0 Å². The van der Waals surface area contributed by atoms with Crippen molar-refractivity contribution in [3.05, 3.63) is 48.6 Å². The molecule has 0 saturated carbocycles. The number of hydrogen-bond donors (Lipinski definition) is 1. The van der Waals surface area contributed by atoms with E-state index in [0.717, 1.165) is 83.5 Å². The van der Waals surface area contributed by atoms with Crippen LogP contribution in [0.4, 0.5) is 0 Å². The van der Waals surface area contributed by atoms with E-state index in [2.05, 4.69) is 62.5 Å². The number of unbranched alkanes of at least 4 members (excludes halogenated alkanes) is 26. The second kappa shape index (κ2) is 45.3. The van der Waals surface area contributed by atoms with Gasteiger partial charge in [-0.3, -0.25) is 9.59 Å². The van der Waals surface area contributed by atoms with E-state index in [1.54, 1.807) is 0 Å². The average molecular weight is 755 g/mol. The fourth-order valence-corrected chi connectivity index (χ4v) is 7.02. The Balaban J connectivity index is 3.96. The first-order valence-corrected chi connectivity index (χ1v) is 23.6. The van der Waals surface area contributed by atoms with Gasteiger partial charge >= 0.3 is 11.9 Å². The Morgan fingerprint density at radius 1 is 0.407 bits per heavy atom. The highest BCUT2D eigenvalue weighted by molar-refractivity contribution is 5.69.